The fraction of sp³-hybridized carbons (Fsp3) is 0.222. The number of ether oxygens (including phenoxy) is 1. The number of hydrogen-bond donors (Lipinski definition) is 1. The molecule has 0 saturated carbocycles. The van der Waals surface area contributed by atoms with Crippen LogP contribution in [0.25, 0.3) is 11.2 Å². The summed E-state index contributed by atoms with van der Waals surface area (Å²) in [4.78, 5) is 19.2. The molecule has 0 amide bonds. The number of furan rings is 1. The van der Waals surface area contributed by atoms with E-state index in [1.807, 2.05) is 0 Å². The molecule has 0 atom stereocenters. The molecule has 0 unspecified atom stereocenters. The van der Waals surface area contributed by atoms with Gasteiger partial charge >= 0.3 is 5.97 Å². The van der Waals surface area contributed by atoms with Crippen molar-refractivity contribution in [3.05, 3.63) is 18.2 Å². The molecule has 0 aliphatic heterocycles. The average Bonchev–Trinajstić information content (AvgIpc) is 2.57. The van der Waals surface area contributed by atoms with Crippen molar-refractivity contribution in [2.24, 2.45) is 0 Å². The molecule has 2 rings (SSSR count). The molecule has 0 aromatic carbocycles. The molecule has 2 aromatic rings. The van der Waals surface area contributed by atoms with E-state index in [1.165, 1.54) is 12.4 Å². The molecule has 0 radical (unpaired) electrons. The van der Waals surface area contributed by atoms with Crippen LogP contribution in [0.5, 0.6) is 0 Å². The number of rotatable bonds is 2. The maximum Gasteiger partial charge on any atom is 0.376 e. The summed E-state index contributed by atoms with van der Waals surface area (Å²) < 4.78 is 9.91. The Morgan fingerprint density at radius 3 is 2.93 bits per heavy atom. The number of nitrogens with zero attached hydrogens (tertiary/aromatic N) is 2. The number of fused-ring (bicyclic) bond motifs is 1. The minimum absolute atomic E-state index is 0.0435. The van der Waals surface area contributed by atoms with Crippen molar-refractivity contribution in [1.82, 2.24) is 9.97 Å². The van der Waals surface area contributed by atoms with Gasteiger partial charge in [0.25, 0.3) is 0 Å². The van der Waals surface area contributed by atoms with E-state index < -0.39 is 5.97 Å². The Labute approximate surface area is 85.1 Å². The predicted octanol–water partition coefficient (Wildman–Crippen LogP) is 0.982. The molecule has 0 fully saturated rings. The quantitative estimate of drug-likeness (QED) is 0.738. The summed E-state index contributed by atoms with van der Waals surface area (Å²) in [5, 5.41) is 0. The number of anilines is 1. The molecule has 0 bridgehead atoms. The lowest BCUT2D eigenvalue weighted by Gasteiger charge is -1.97. The van der Waals surface area contributed by atoms with E-state index in [9.17, 15) is 4.79 Å². The minimum Gasteiger partial charge on any atom is -0.460 e. The van der Waals surface area contributed by atoms with Gasteiger partial charge in [0.05, 0.1) is 6.61 Å². The Kier molecular flexibility index (Phi) is 2.24. The lowest BCUT2D eigenvalue weighted by Crippen LogP contribution is -2.05. The largest absolute Gasteiger partial charge is 0.460 e. The van der Waals surface area contributed by atoms with Gasteiger partial charge in [-0.15, -0.1) is 0 Å². The average molecular weight is 207 g/mol. The van der Waals surface area contributed by atoms with E-state index in [-0.39, 0.29) is 23.8 Å². The molecule has 6 nitrogen and oxygen atoms in total. The Morgan fingerprint density at radius 2 is 2.27 bits per heavy atom. The molecule has 0 spiro atoms. The summed E-state index contributed by atoms with van der Waals surface area (Å²) >= 11 is 0. The van der Waals surface area contributed by atoms with Crippen LogP contribution in [0.1, 0.15) is 17.5 Å². The summed E-state index contributed by atoms with van der Waals surface area (Å²) in [5.41, 5.74) is 6.45. The first kappa shape index (κ1) is 9.45. The summed E-state index contributed by atoms with van der Waals surface area (Å²) in [7, 11) is 0. The van der Waals surface area contributed by atoms with Crippen molar-refractivity contribution >= 4 is 22.9 Å². The van der Waals surface area contributed by atoms with Gasteiger partial charge in [0.1, 0.15) is 5.69 Å². The SMILES string of the molecule is CCOC(=O)c1oc2nccnc2c1N. The molecule has 78 valence electrons. The molecular weight excluding hydrogens is 198 g/mol. The van der Waals surface area contributed by atoms with Crippen LogP contribution in [0.2, 0.25) is 0 Å². The number of nitrogens with two attached hydrogens (primary N) is 1. The smallest absolute Gasteiger partial charge is 0.376 e. The first-order chi connectivity index (χ1) is 7.24. The summed E-state index contributed by atoms with van der Waals surface area (Å²) in [6.45, 7) is 1.96. The molecule has 2 heterocycles. The van der Waals surface area contributed by atoms with Gasteiger partial charge in [-0.2, -0.15) is 0 Å². The first-order valence-corrected chi connectivity index (χ1v) is 4.40. The highest BCUT2D eigenvalue weighted by molar-refractivity contribution is 6.00. The van der Waals surface area contributed by atoms with Gasteiger partial charge in [-0.25, -0.2) is 14.8 Å². The Hall–Kier alpha value is -2.11. The zero-order valence-electron chi connectivity index (χ0n) is 8.06. The predicted molar refractivity (Wildman–Crippen MR) is 52.2 cm³/mol. The van der Waals surface area contributed by atoms with Crippen LogP contribution >= 0.6 is 0 Å². The third-order valence-electron chi connectivity index (χ3n) is 1.82. The van der Waals surface area contributed by atoms with E-state index in [0.717, 1.165) is 0 Å². The summed E-state index contributed by atoms with van der Waals surface area (Å²) in [5.74, 6) is -0.646. The Balaban J connectivity index is 2.53. The van der Waals surface area contributed by atoms with Crippen molar-refractivity contribution in [3.8, 4) is 0 Å². The normalized spacial score (nSPS) is 10.5. The molecule has 2 N–H and O–H groups in total. The van der Waals surface area contributed by atoms with Crippen LogP contribution in [-0.4, -0.2) is 22.5 Å². The second kappa shape index (κ2) is 3.56. The minimum atomic E-state index is -0.602. The van der Waals surface area contributed by atoms with Gasteiger partial charge in [-0.3, -0.25) is 0 Å². The van der Waals surface area contributed by atoms with Crippen LogP contribution in [0.15, 0.2) is 16.8 Å². The van der Waals surface area contributed by atoms with Crippen molar-refractivity contribution in [1.29, 1.82) is 0 Å². The van der Waals surface area contributed by atoms with Crippen LogP contribution in [0.4, 0.5) is 5.69 Å². The second-order valence-corrected chi connectivity index (χ2v) is 2.78. The highest BCUT2D eigenvalue weighted by Crippen LogP contribution is 2.24. The van der Waals surface area contributed by atoms with E-state index in [1.54, 1.807) is 6.92 Å². The first-order valence-electron chi connectivity index (χ1n) is 4.40. The van der Waals surface area contributed by atoms with Crippen LogP contribution in [0.3, 0.4) is 0 Å². The molecule has 2 aromatic heterocycles. The fourth-order valence-corrected chi connectivity index (χ4v) is 1.19. The fourth-order valence-electron chi connectivity index (χ4n) is 1.19. The maximum absolute atomic E-state index is 11.4. The standard InChI is InChI=1S/C9H9N3O3/c1-2-14-9(13)7-5(10)6-8(15-7)12-4-3-11-6/h3-4H,2,10H2,1H3. The zero-order valence-corrected chi connectivity index (χ0v) is 8.06. The monoisotopic (exact) mass is 207 g/mol. The number of carbonyl (C=O) groups is 1. The number of esters is 1. The van der Waals surface area contributed by atoms with Gasteiger partial charge < -0.3 is 14.9 Å². The lowest BCUT2D eigenvalue weighted by atomic mass is 10.3. The number of aromatic nitrogens is 2. The topological polar surface area (TPSA) is 91.2 Å². The van der Waals surface area contributed by atoms with Gasteiger partial charge in [-0.05, 0) is 6.92 Å². The van der Waals surface area contributed by atoms with Crippen LogP contribution < -0.4 is 5.73 Å². The third-order valence-corrected chi connectivity index (χ3v) is 1.82. The molecule has 0 aliphatic carbocycles. The highest BCUT2D eigenvalue weighted by atomic mass is 16.5. The highest BCUT2D eigenvalue weighted by Gasteiger charge is 2.20. The van der Waals surface area contributed by atoms with Crippen molar-refractivity contribution in [3.63, 3.8) is 0 Å². The van der Waals surface area contributed by atoms with E-state index in [0.29, 0.717) is 5.52 Å². The Morgan fingerprint density at radius 1 is 1.53 bits per heavy atom. The molecule has 0 aliphatic rings. The van der Waals surface area contributed by atoms with Crippen molar-refractivity contribution in [2.75, 3.05) is 12.3 Å². The van der Waals surface area contributed by atoms with Gasteiger partial charge in [0, 0.05) is 12.4 Å². The van der Waals surface area contributed by atoms with Crippen molar-refractivity contribution in [2.45, 2.75) is 6.92 Å². The number of hydrogen-bond acceptors (Lipinski definition) is 6. The second-order valence-electron chi connectivity index (χ2n) is 2.78. The summed E-state index contributed by atoms with van der Waals surface area (Å²) in [6.07, 6.45) is 2.93. The number of carbonyl (C=O) groups excluding carboxylic acids is 1. The van der Waals surface area contributed by atoms with Crippen LogP contribution in [0, 0.1) is 0 Å². The van der Waals surface area contributed by atoms with Crippen molar-refractivity contribution < 1.29 is 13.9 Å². The van der Waals surface area contributed by atoms with Gasteiger partial charge in [-0.1, -0.05) is 0 Å². The van der Waals surface area contributed by atoms with E-state index in [4.69, 9.17) is 14.9 Å². The molecular formula is C9H9N3O3. The molecule has 15 heavy (non-hydrogen) atoms. The van der Waals surface area contributed by atoms with Crippen LogP contribution in [-0.2, 0) is 4.74 Å². The zero-order chi connectivity index (χ0) is 10.8. The number of nitrogen functional groups attached to an aromatic ring is 1. The Bertz CT molecular complexity index is 506. The van der Waals surface area contributed by atoms with E-state index in [2.05, 4.69) is 9.97 Å². The van der Waals surface area contributed by atoms with Gasteiger partial charge in [0.2, 0.25) is 11.5 Å². The lowest BCUT2D eigenvalue weighted by molar-refractivity contribution is 0.0494. The summed E-state index contributed by atoms with van der Waals surface area (Å²) in [6, 6.07) is 0. The maximum atomic E-state index is 11.4. The third kappa shape index (κ3) is 1.50. The molecule has 6 heteroatoms. The van der Waals surface area contributed by atoms with Gasteiger partial charge in [0.15, 0.2) is 5.52 Å². The van der Waals surface area contributed by atoms with E-state index >= 15 is 0 Å². The molecule has 0 saturated heterocycles.